The Labute approximate surface area is 201 Å². The number of benzene rings is 3. The molecule has 0 bridgehead atoms. The molecule has 0 spiro atoms. The third-order valence-electron chi connectivity index (χ3n) is 6.50. The fourth-order valence-electron chi connectivity index (χ4n) is 4.78. The van der Waals surface area contributed by atoms with E-state index in [1.165, 1.54) is 19.2 Å². The van der Waals surface area contributed by atoms with Gasteiger partial charge in [-0.2, -0.15) is 0 Å². The molecule has 3 aromatic carbocycles. The lowest BCUT2D eigenvalue weighted by Crippen LogP contribution is -2.46. The van der Waals surface area contributed by atoms with Gasteiger partial charge in [-0.25, -0.2) is 4.79 Å². The molecule has 2 heterocycles. The van der Waals surface area contributed by atoms with E-state index in [9.17, 15) is 19.7 Å². The molecule has 3 atom stereocenters. The van der Waals surface area contributed by atoms with Gasteiger partial charge in [0.15, 0.2) is 6.23 Å². The van der Waals surface area contributed by atoms with Crippen LogP contribution in [0, 0.1) is 16.0 Å². The molecule has 2 aliphatic rings. The molecule has 0 aliphatic carbocycles. The number of nitro groups is 1. The number of fused-ring (bicyclic) bond motifs is 2. The molecule has 1 amide bonds. The Bertz CT molecular complexity index is 1280. The number of non-ortho nitro benzene ring substituents is 1. The largest absolute Gasteiger partial charge is 0.470 e. The van der Waals surface area contributed by atoms with Crippen LogP contribution in [-0.4, -0.2) is 41.6 Å². The summed E-state index contributed by atoms with van der Waals surface area (Å²) >= 11 is 0. The first-order valence-electron chi connectivity index (χ1n) is 11.2. The molecule has 9 nitrogen and oxygen atoms in total. The number of hydrogen-bond donors (Lipinski definition) is 1. The number of likely N-dealkylation sites (tertiary alicyclic amines) is 1. The Kier molecular flexibility index (Phi) is 5.82. The zero-order valence-corrected chi connectivity index (χ0v) is 18.9. The van der Waals surface area contributed by atoms with E-state index in [0.29, 0.717) is 35.5 Å². The summed E-state index contributed by atoms with van der Waals surface area (Å²) < 4.78 is 11.2. The fraction of sp³-hybridized carbons (Fsp3) is 0.231. The number of nitrogens with zero attached hydrogens (tertiary/aromatic N) is 2. The van der Waals surface area contributed by atoms with Crippen LogP contribution < -0.4 is 10.1 Å². The third-order valence-corrected chi connectivity index (χ3v) is 6.50. The summed E-state index contributed by atoms with van der Waals surface area (Å²) in [5.41, 5.74) is 2.42. The van der Waals surface area contributed by atoms with E-state index in [-0.39, 0.29) is 23.6 Å². The fourth-order valence-corrected chi connectivity index (χ4v) is 4.78. The van der Waals surface area contributed by atoms with E-state index in [4.69, 9.17) is 9.47 Å². The number of ether oxygens (including phenoxy) is 2. The molecular formula is C26H23N3O6. The van der Waals surface area contributed by atoms with Gasteiger partial charge in [-0.15, -0.1) is 0 Å². The van der Waals surface area contributed by atoms with E-state index in [0.717, 1.165) is 5.56 Å². The Morgan fingerprint density at radius 3 is 2.49 bits per heavy atom. The number of hydrogen-bond acceptors (Lipinski definition) is 7. The molecule has 0 radical (unpaired) electrons. The van der Waals surface area contributed by atoms with Crippen LogP contribution in [0.15, 0.2) is 72.8 Å². The summed E-state index contributed by atoms with van der Waals surface area (Å²) in [7, 11) is 1.32. The van der Waals surface area contributed by atoms with Crippen LogP contribution in [0.5, 0.6) is 5.75 Å². The molecule has 9 heteroatoms. The highest BCUT2D eigenvalue weighted by molar-refractivity contribution is 5.94. The smallest absolute Gasteiger partial charge is 0.337 e. The van der Waals surface area contributed by atoms with Crippen LogP contribution in [0.2, 0.25) is 0 Å². The molecule has 0 saturated carbocycles. The molecule has 2 aliphatic heterocycles. The summed E-state index contributed by atoms with van der Waals surface area (Å²) in [5, 5.41) is 14.5. The maximum atomic E-state index is 13.3. The van der Waals surface area contributed by atoms with Crippen molar-refractivity contribution in [2.24, 2.45) is 5.92 Å². The summed E-state index contributed by atoms with van der Waals surface area (Å²) in [6.07, 6.45) is 0.171. The van der Waals surface area contributed by atoms with E-state index < -0.39 is 17.1 Å². The molecule has 1 fully saturated rings. The van der Waals surface area contributed by atoms with Crippen LogP contribution in [0.4, 0.5) is 11.4 Å². The van der Waals surface area contributed by atoms with Gasteiger partial charge in [0.2, 0.25) is 0 Å². The number of anilines is 1. The normalized spacial score (nSPS) is 20.3. The molecule has 35 heavy (non-hydrogen) atoms. The number of carbonyl (C=O) groups is 2. The van der Waals surface area contributed by atoms with Crippen molar-refractivity contribution in [2.45, 2.75) is 18.7 Å². The van der Waals surface area contributed by atoms with Crippen molar-refractivity contribution in [3.8, 4) is 5.75 Å². The molecule has 1 N–H and O–H groups in total. The average molecular weight is 473 g/mol. The van der Waals surface area contributed by atoms with E-state index in [2.05, 4.69) is 5.32 Å². The lowest BCUT2D eigenvalue weighted by molar-refractivity contribution is -0.384. The van der Waals surface area contributed by atoms with E-state index in [1.54, 1.807) is 47.4 Å². The Hall–Kier alpha value is -4.40. The maximum absolute atomic E-state index is 13.3. The lowest BCUT2D eigenvalue weighted by atomic mass is 9.87. The number of amides is 1. The van der Waals surface area contributed by atoms with Gasteiger partial charge in [0.05, 0.1) is 23.6 Å². The van der Waals surface area contributed by atoms with Gasteiger partial charge in [0, 0.05) is 41.4 Å². The first kappa shape index (κ1) is 22.4. The lowest BCUT2D eigenvalue weighted by Gasteiger charge is -2.39. The van der Waals surface area contributed by atoms with Gasteiger partial charge in [-0.1, -0.05) is 18.2 Å². The van der Waals surface area contributed by atoms with Gasteiger partial charge >= 0.3 is 5.97 Å². The van der Waals surface area contributed by atoms with Crippen molar-refractivity contribution in [2.75, 3.05) is 19.0 Å². The monoisotopic (exact) mass is 473 g/mol. The second kappa shape index (κ2) is 9.09. The second-order valence-corrected chi connectivity index (χ2v) is 8.50. The van der Waals surface area contributed by atoms with Gasteiger partial charge in [-0.05, 0) is 48.9 Å². The van der Waals surface area contributed by atoms with Crippen molar-refractivity contribution in [1.82, 2.24) is 4.90 Å². The number of esters is 1. The molecule has 1 saturated heterocycles. The Balaban J connectivity index is 1.51. The number of rotatable bonds is 5. The van der Waals surface area contributed by atoms with Gasteiger partial charge < -0.3 is 19.7 Å². The summed E-state index contributed by atoms with van der Waals surface area (Å²) in [6.45, 7) is 0.513. The SMILES string of the molecule is COC(=O)c1ccc2c(c1)[C@@H](Nc1ccc([N+](=O)[O-])cc1)[C@H]1CCN(C(=O)c3ccccc3)[C@H]1O2. The Morgan fingerprint density at radius 2 is 1.80 bits per heavy atom. The van der Waals surface area contributed by atoms with Crippen LogP contribution in [0.3, 0.4) is 0 Å². The van der Waals surface area contributed by atoms with Crippen LogP contribution in [-0.2, 0) is 4.74 Å². The number of nitro benzene ring substituents is 1. The minimum Gasteiger partial charge on any atom is -0.470 e. The molecule has 3 aromatic rings. The second-order valence-electron chi connectivity index (χ2n) is 8.50. The molecule has 178 valence electrons. The zero-order chi connectivity index (χ0) is 24.5. The Morgan fingerprint density at radius 1 is 1.06 bits per heavy atom. The highest BCUT2D eigenvalue weighted by Gasteiger charge is 2.47. The topological polar surface area (TPSA) is 111 Å². The average Bonchev–Trinajstić information content (AvgIpc) is 3.32. The number of nitrogens with one attached hydrogen (secondary N) is 1. The summed E-state index contributed by atoms with van der Waals surface area (Å²) in [4.78, 5) is 37.8. The van der Waals surface area contributed by atoms with Crippen LogP contribution >= 0.6 is 0 Å². The van der Waals surface area contributed by atoms with E-state index in [1.807, 2.05) is 18.2 Å². The van der Waals surface area contributed by atoms with Crippen LogP contribution in [0.25, 0.3) is 0 Å². The van der Waals surface area contributed by atoms with Crippen molar-refractivity contribution in [3.05, 3.63) is 99.6 Å². The maximum Gasteiger partial charge on any atom is 0.337 e. The quantitative estimate of drug-likeness (QED) is 0.332. The molecule has 0 aromatic heterocycles. The zero-order valence-electron chi connectivity index (χ0n) is 18.9. The van der Waals surface area contributed by atoms with Crippen molar-refractivity contribution >= 4 is 23.3 Å². The minimum absolute atomic E-state index is 0.00530. The molecular weight excluding hydrogens is 450 g/mol. The third kappa shape index (κ3) is 4.16. The first-order chi connectivity index (χ1) is 17.0. The highest BCUT2D eigenvalue weighted by atomic mass is 16.6. The summed E-state index contributed by atoms with van der Waals surface area (Å²) in [5.74, 6) is -0.123. The summed E-state index contributed by atoms with van der Waals surface area (Å²) in [6, 6.07) is 20.0. The van der Waals surface area contributed by atoms with Gasteiger partial charge in [0.1, 0.15) is 5.75 Å². The van der Waals surface area contributed by atoms with Gasteiger partial charge in [0.25, 0.3) is 11.6 Å². The van der Waals surface area contributed by atoms with Crippen molar-refractivity contribution in [3.63, 3.8) is 0 Å². The standard InChI is InChI=1S/C26H23N3O6/c1-34-26(31)17-7-12-22-21(15-17)23(27-18-8-10-19(11-9-18)29(32)33)20-13-14-28(25(20)35-22)24(30)16-5-3-2-4-6-16/h2-12,15,20,23,25,27H,13-14H2,1H3/t20-,23+,25+/m1/s1. The predicted octanol–water partition coefficient (Wildman–Crippen LogP) is 4.42. The molecule has 0 unspecified atom stereocenters. The highest BCUT2D eigenvalue weighted by Crippen LogP contribution is 2.46. The van der Waals surface area contributed by atoms with Crippen LogP contribution in [0.1, 0.15) is 38.7 Å². The van der Waals surface area contributed by atoms with Gasteiger partial charge in [-0.3, -0.25) is 14.9 Å². The van der Waals surface area contributed by atoms with Crippen molar-refractivity contribution < 1.29 is 24.0 Å². The van der Waals surface area contributed by atoms with E-state index >= 15 is 0 Å². The first-order valence-corrected chi connectivity index (χ1v) is 11.2. The minimum atomic E-state index is -0.505. The number of methoxy groups -OCH3 is 1. The molecule has 5 rings (SSSR count). The number of carbonyl (C=O) groups excluding carboxylic acids is 2. The van der Waals surface area contributed by atoms with Crippen molar-refractivity contribution in [1.29, 1.82) is 0 Å². The predicted molar refractivity (Wildman–Crippen MR) is 127 cm³/mol.